The summed E-state index contributed by atoms with van der Waals surface area (Å²) < 4.78 is 19.3. The van der Waals surface area contributed by atoms with Crippen molar-refractivity contribution in [3.8, 4) is 5.75 Å². The second-order valence-electron chi connectivity index (χ2n) is 5.80. The van der Waals surface area contributed by atoms with Gasteiger partial charge in [0.1, 0.15) is 0 Å². The minimum Gasteiger partial charge on any atom is -0.488 e. The number of carbonyl (C=O) groups is 1. The first kappa shape index (κ1) is 17.7. The molecule has 128 valence electrons. The van der Waals surface area contributed by atoms with E-state index < -0.39 is 5.82 Å². The molecule has 0 unspecified atom stereocenters. The van der Waals surface area contributed by atoms with Crippen LogP contribution in [0, 0.1) is 5.82 Å². The predicted octanol–water partition coefficient (Wildman–Crippen LogP) is 3.35. The highest BCUT2D eigenvalue weighted by Gasteiger charge is 2.10. The maximum Gasteiger partial charge on any atom is 0.317 e. The third-order valence-corrected chi connectivity index (χ3v) is 3.32. The largest absolute Gasteiger partial charge is 0.488 e. The first-order valence-electron chi connectivity index (χ1n) is 7.78. The minimum absolute atomic E-state index is 0.0908. The molecule has 2 amide bonds. The Morgan fingerprint density at radius 1 is 1.25 bits per heavy atom. The molecule has 1 N–H and O–H groups in total. The molecule has 0 aliphatic heterocycles. The van der Waals surface area contributed by atoms with E-state index in [1.54, 1.807) is 36.5 Å². The van der Waals surface area contributed by atoms with Gasteiger partial charge < -0.3 is 15.0 Å². The van der Waals surface area contributed by atoms with Gasteiger partial charge in [0.15, 0.2) is 11.6 Å². The van der Waals surface area contributed by atoms with E-state index in [0.717, 1.165) is 5.56 Å². The van der Waals surface area contributed by atoms with E-state index in [4.69, 9.17) is 4.74 Å². The fourth-order valence-corrected chi connectivity index (χ4v) is 2.15. The standard InChI is InChI=1S/C18H22FN3O2/c1-13(2)24-17-5-4-15(10-16(17)19)11-21-18(23)22(3)12-14-6-8-20-9-7-14/h4-10,13H,11-12H2,1-3H3,(H,21,23). The van der Waals surface area contributed by atoms with Gasteiger partial charge in [0.2, 0.25) is 0 Å². The summed E-state index contributed by atoms with van der Waals surface area (Å²) in [6, 6.07) is 8.18. The SMILES string of the molecule is CC(C)Oc1ccc(CNC(=O)N(C)Cc2ccncc2)cc1F. The number of urea groups is 1. The number of nitrogens with zero attached hydrogens (tertiary/aromatic N) is 2. The lowest BCUT2D eigenvalue weighted by Gasteiger charge is -2.18. The van der Waals surface area contributed by atoms with Gasteiger partial charge in [-0.05, 0) is 49.2 Å². The van der Waals surface area contributed by atoms with Gasteiger partial charge in [-0.15, -0.1) is 0 Å². The summed E-state index contributed by atoms with van der Waals surface area (Å²) >= 11 is 0. The summed E-state index contributed by atoms with van der Waals surface area (Å²) in [5, 5.41) is 2.77. The molecule has 2 rings (SSSR count). The smallest absolute Gasteiger partial charge is 0.317 e. The second-order valence-corrected chi connectivity index (χ2v) is 5.80. The van der Waals surface area contributed by atoms with Crippen molar-refractivity contribution in [1.29, 1.82) is 0 Å². The third-order valence-electron chi connectivity index (χ3n) is 3.32. The molecule has 1 aromatic heterocycles. The molecule has 1 aromatic carbocycles. The quantitative estimate of drug-likeness (QED) is 0.883. The van der Waals surface area contributed by atoms with E-state index in [-0.39, 0.29) is 24.4 Å². The number of aromatic nitrogens is 1. The van der Waals surface area contributed by atoms with Crippen LogP contribution in [0.4, 0.5) is 9.18 Å². The number of halogens is 1. The molecule has 0 spiro atoms. The van der Waals surface area contributed by atoms with Gasteiger partial charge >= 0.3 is 6.03 Å². The summed E-state index contributed by atoms with van der Waals surface area (Å²) in [6.45, 7) is 4.40. The summed E-state index contributed by atoms with van der Waals surface area (Å²) in [6.07, 6.45) is 3.28. The summed E-state index contributed by atoms with van der Waals surface area (Å²) in [5.41, 5.74) is 1.66. The topological polar surface area (TPSA) is 54.5 Å². The number of amides is 2. The van der Waals surface area contributed by atoms with Gasteiger partial charge in [0.25, 0.3) is 0 Å². The monoisotopic (exact) mass is 331 g/mol. The number of hydrogen-bond donors (Lipinski definition) is 1. The molecular weight excluding hydrogens is 309 g/mol. The fraction of sp³-hybridized carbons (Fsp3) is 0.333. The number of rotatable bonds is 6. The molecule has 0 bridgehead atoms. The number of nitrogens with one attached hydrogen (secondary N) is 1. The van der Waals surface area contributed by atoms with Crippen molar-refractivity contribution >= 4 is 6.03 Å². The molecule has 0 fully saturated rings. The molecule has 0 atom stereocenters. The van der Waals surface area contributed by atoms with Crippen molar-refractivity contribution < 1.29 is 13.9 Å². The van der Waals surface area contributed by atoms with E-state index >= 15 is 0 Å². The average Bonchev–Trinajstić information content (AvgIpc) is 2.55. The number of hydrogen-bond acceptors (Lipinski definition) is 3. The van der Waals surface area contributed by atoms with Crippen LogP contribution < -0.4 is 10.1 Å². The zero-order valence-electron chi connectivity index (χ0n) is 14.1. The fourth-order valence-electron chi connectivity index (χ4n) is 2.15. The molecule has 0 radical (unpaired) electrons. The molecule has 6 heteroatoms. The molecule has 0 saturated carbocycles. The van der Waals surface area contributed by atoms with Crippen molar-refractivity contribution in [3.05, 3.63) is 59.7 Å². The average molecular weight is 331 g/mol. The van der Waals surface area contributed by atoms with Crippen LogP contribution in [0.1, 0.15) is 25.0 Å². The van der Waals surface area contributed by atoms with Crippen LogP contribution in [-0.4, -0.2) is 29.1 Å². The first-order chi connectivity index (χ1) is 11.5. The Morgan fingerprint density at radius 3 is 2.58 bits per heavy atom. The van der Waals surface area contributed by atoms with E-state index in [1.807, 2.05) is 26.0 Å². The number of ether oxygens (including phenoxy) is 1. The van der Waals surface area contributed by atoms with Gasteiger partial charge in [-0.2, -0.15) is 0 Å². The molecule has 5 nitrogen and oxygen atoms in total. The molecule has 24 heavy (non-hydrogen) atoms. The zero-order valence-corrected chi connectivity index (χ0v) is 14.1. The zero-order chi connectivity index (χ0) is 17.5. The highest BCUT2D eigenvalue weighted by molar-refractivity contribution is 5.73. The van der Waals surface area contributed by atoms with Crippen LogP contribution in [0.3, 0.4) is 0 Å². The van der Waals surface area contributed by atoms with Gasteiger partial charge in [-0.3, -0.25) is 4.98 Å². The summed E-state index contributed by atoms with van der Waals surface area (Å²) in [4.78, 5) is 17.6. The lowest BCUT2D eigenvalue weighted by molar-refractivity contribution is 0.206. The number of benzene rings is 1. The van der Waals surface area contributed by atoms with Crippen LogP contribution in [0.5, 0.6) is 5.75 Å². The van der Waals surface area contributed by atoms with Gasteiger partial charge in [-0.25, -0.2) is 9.18 Å². The van der Waals surface area contributed by atoms with Gasteiger partial charge in [0, 0.05) is 32.5 Å². The molecular formula is C18H22FN3O2. The predicted molar refractivity (Wildman–Crippen MR) is 90.1 cm³/mol. The lowest BCUT2D eigenvalue weighted by Crippen LogP contribution is -2.36. The van der Waals surface area contributed by atoms with Crippen molar-refractivity contribution in [2.24, 2.45) is 0 Å². The van der Waals surface area contributed by atoms with Crippen LogP contribution >= 0.6 is 0 Å². The summed E-state index contributed by atoms with van der Waals surface area (Å²) in [5.74, 6) is -0.213. The Labute approximate surface area is 141 Å². The van der Waals surface area contributed by atoms with E-state index in [9.17, 15) is 9.18 Å². The first-order valence-corrected chi connectivity index (χ1v) is 7.78. The molecule has 2 aromatic rings. The Bertz CT molecular complexity index is 677. The van der Waals surface area contributed by atoms with Crippen molar-refractivity contribution in [2.45, 2.75) is 33.0 Å². The Balaban J connectivity index is 1.88. The second kappa shape index (κ2) is 8.29. The molecule has 1 heterocycles. The van der Waals surface area contributed by atoms with Crippen molar-refractivity contribution in [3.63, 3.8) is 0 Å². The Morgan fingerprint density at radius 2 is 1.96 bits per heavy atom. The van der Waals surface area contributed by atoms with Crippen LogP contribution in [0.2, 0.25) is 0 Å². The van der Waals surface area contributed by atoms with Gasteiger partial charge in [0.05, 0.1) is 6.10 Å². The van der Waals surface area contributed by atoms with E-state index in [0.29, 0.717) is 12.1 Å². The number of pyridine rings is 1. The van der Waals surface area contributed by atoms with E-state index in [1.165, 1.54) is 6.07 Å². The maximum absolute atomic E-state index is 13.9. The molecule has 0 saturated heterocycles. The van der Waals surface area contributed by atoms with Gasteiger partial charge in [-0.1, -0.05) is 6.07 Å². The third kappa shape index (κ3) is 5.22. The van der Waals surface area contributed by atoms with Crippen LogP contribution in [0.15, 0.2) is 42.7 Å². The Kier molecular flexibility index (Phi) is 6.12. The molecule has 0 aliphatic rings. The lowest BCUT2D eigenvalue weighted by atomic mass is 10.2. The van der Waals surface area contributed by atoms with Crippen LogP contribution in [-0.2, 0) is 13.1 Å². The van der Waals surface area contributed by atoms with E-state index in [2.05, 4.69) is 10.3 Å². The summed E-state index contributed by atoms with van der Waals surface area (Å²) in [7, 11) is 1.70. The Hall–Kier alpha value is -2.63. The minimum atomic E-state index is -0.430. The normalized spacial score (nSPS) is 10.5. The number of carbonyl (C=O) groups excluding carboxylic acids is 1. The van der Waals surface area contributed by atoms with Crippen molar-refractivity contribution in [2.75, 3.05) is 7.05 Å². The van der Waals surface area contributed by atoms with Crippen molar-refractivity contribution in [1.82, 2.24) is 15.2 Å². The highest BCUT2D eigenvalue weighted by Crippen LogP contribution is 2.19. The highest BCUT2D eigenvalue weighted by atomic mass is 19.1. The molecule has 0 aliphatic carbocycles. The maximum atomic E-state index is 13.9. The van der Waals surface area contributed by atoms with Crippen LogP contribution in [0.25, 0.3) is 0 Å².